The van der Waals surface area contributed by atoms with Crippen LogP contribution in [0.4, 0.5) is 5.69 Å². The van der Waals surface area contributed by atoms with Crippen molar-refractivity contribution in [2.75, 3.05) is 18.6 Å². The van der Waals surface area contributed by atoms with Crippen LogP contribution in [0.1, 0.15) is 6.42 Å². The van der Waals surface area contributed by atoms with E-state index in [9.17, 15) is 4.79 Å². The van der Waals surface area contributed by atoms with Gasteiger partial charge in [-0.15, -0.1) is 0 Å². The largest absolute Gasteiger partial charge is 0.495 e. The van der Waals surface area contributed by atoms with Gasteiger partial charge in [-0.05, 0) is 18.6 Å². The van der Waals surface area contributed by atoms with Crippen molar-refractivity contribution in [2.45, 2.75) is 16.8 Å². The van der Waals surface area contributed by atoms with Crippen LogP contribution >= 0.6 is 11.8 Å². The van der Waals surface area contributed by atoms with Crippen molar-refractivity contribution >= 4 is 23.4 Å². The molecule has 0 saturated carbocycles. The number of para-hydroxylation sites is 2. The first-order valence-corrected chi connectivity index (χ1v) is 7.53. The molecular weight excluding hydrogens is 288 g/mol. The molecule has 110 valence electrons. The molecule has 1 aromatic heterocycles. The topological polar surface area (TPSA) is 60.2 Å². The molecule has 1 aromatic carbocycles. The van der Waals surface area contributed by atoms with Crippen molar-refractivity contribution < 1.29 is 9.53 Å². The average Bonchev–Trinajstić information content (AvgIpc) is 3.07. The quantitative estimate of drug-likeness (QED) is 0.861. The highest BCUT2D eigenvalue weighted by Crippen LogP contribution is 2.35. The van der Waals surface area contributed by atoms with E-state index in [0.717, 1.165) is 23.0 Å². The Labute approximate surface area is 127 Å². The van der Waals surface area contributed by atoms with Gasteiger partial charge in [-0.1, -0.05) is 23.9 Å². The molecule has 1 aliphatic heterocycles. The standard InChI is InChI=1S/C14H16N4O2S/c1-17-14(15-9-16-17)21-12-7-8-18(13(12)19)10-5-3-4-6-11(10)20-2/h3-6,9,12H,7-8H2,1-2H3. The first-order chi connectivity index (χ1) is 10.2. The highest BCUT2D eigenvalue weighted by Gasteiger charge is 2.35. The number of aryl methyl sites for hydroxylation is 1. The molecule has 0 bridgehead atoms. The van der Waals surface area contributed by atoms with Crippen LogP contribution in [0.25, 0.3) is 0 Å². The van der Waals surface area contributed by atoms with Gasteiger partial charge in [0.05, 0.1) is 18.0 Å². The molecule has 6 nitrogen and oxygen atoms in total. The Bertz CT molecular complexity index is 658. The molecule has 0 N–H and O–H groups in total. The molecule has 3 rings (SSSR count). The van der Waals surface area contributed by atoms with Crippen LogP contribution in [0.2, 0.25) is 0 Å². The third-order valence-electron chi connectivity index (χ3n) is 3.45. The second-order valence-corrected chi connectivity index (χ2v) is 5.89. The summed E-state index contributed by atoms with van der Waals surface area (Å²) in [6, 6.07) is 7.58. The van der Waals surface area contributed by atoms with Crippen LogP contribution in [-0.2, 0) is 11.8 Å². The fourth-order valence-electron chi connectivity index (χ4n) is 2.37. The molecule has 1 aliphatic rings. The molecule has 0 spiro atoms. The molecule has 21 heavy (non-hydrogen) atoms. The summed E-state index contributed by atoms with van der Waals surface area (Å²) < 4.78 is 7.02. The second kappa shape index (κ2) is 5.77. The predicted molar refractivity (Wildman–Crippen MR) is 80.6 cm³/mol. The minimum Gasteiger partial charge on any atom is -0.495 e. The van der Waals surface area contributed by atoms with E-state index < -0.39 is 0 Å². The Morgan fingerprint density at radius 2 is 2.19 bits per heavy atom. The fourth-order valence-corrected chi connectivity index (χ4v) is 3.39. The molecule has 1 unspecified atom stereocenters. The van der Waals surface area contributed by atoms with Crippen LogP contribution in [0, 0.1) is 0 Å². The van der Waals surface area contributed by atoms with Gasteiger partial charge in [-0.2, -0.15) is 5.10 Å². The molecule has 0 radical (unpaired) electrons. The van der Waals surface area contributed by atoms with E-state index in [1.807, 2.05) is 31.3 Å². The molecule has 1 fully saturated rings. The van der Waals surface area contributed by atoms with Gasteiger partial charge in [0, 0.05) is 13.6 Å². The monoisotopic (exact) mass is 304 g/mol. The van der Waals surface area contributed by atoms with Gasteiger partial charge in [0.15, 0.2) is 5.16 Å². The maximum Gasteiger partial charge on any atom is 0.240 e. The third-order valence-corrected chi connectivity index (χ3v) is 4.75. The molecule has 0 aliphatic carbocycles. The first kappa shape index (κ1) is 13.9. The van der Waals surface area contributed by atoms with Crippen LogP contribution in [0.5, 0.6) is 5.75 Å². The van der Waals surface area contributed by atoms with Gasteiger partial charge < -0.3 is 9.64 Å². The number of amides is 1. The summed E-state index contributed by atoms with van der Waals surface area (Å²) in [7, 11) is 3.44. The number of ether oxygens (including phenoxy) is 1. The number of hydrogen-bond donors (Lipinski definition) is 0. The minimum absolute atomic E-state index is 0.0903. The maximum atomic E-state index is 12.6. The van der Waals surface area contributed by atoms with E-state index >= 15 is 0 Å². The summed E-state index contributed by atoms with van der Waals surface area (Å²) in [5.74, 6) is 0.808. The number of carbonyl (C=O) groups is 1. The molecule has 1 amide bonds. The summed E-state index contributed by atoms with van der Waals surface area (Å²) >= 11 is 1.46. The summed E-state index contributed by atoms with van der Waals surface area (Å²) in [5, 5.41) is 4.66. The lowest BCUT2D eigenvalue weighted by molar-refractivity contribution is -0.116. The zero-order valence-electron chi connectivity index (χ0n) is 11.9. The Hall–Kier alpha value is -2.02. The van der Waals surface area contributed by atoms with E-state index in [1.54, 1.807) is 16.7 Å². The zero-order valence-corrected chi connectivity index (χ0v) is 12.7. The number of benzene rings is 1. The van der Waals surface area contributed by atoms with Gasteiger partial charge in [-0.3, -0.25) is 4.79 Å². The molecule has 2 heterocycles. The Kier molecular flexibility index (Phi) is 3.83. The number of aromatic nitrogens is 3. The van der Waals surface area contributed by atoms with Crippen LogP contribution in [0.3, 0.4) is 0 Å². The highest BCUT2D eigenvalue weighted by molar-refractivity contribution is 8.00. The number of anilines is 1. The minimum atomic E-state index is -0.127. The zero-order chi connectivity index (χ0) is 14.8. The van der Waals surface area contributed by atoms with Gasteiger partial charge in [-0.25, -0.2) is 9.67 Å². The van der Waals surface area contributed by atoms with E-state index in [4.69, 9.17) is 4.74 Å². The van der Waals surface area contributed by atoms with Gasteiger partial charge >= 0.3 is 0 Å². The van der Waals surface area contributed by atoms with Crippen molar-refractivity contribution in [3.8, 4) is 5.75 Å². The first-order valence-electron chi connectivity index (χ1n) is 6.65. The van der Waals surface area contributed by atoms with Crippen molar-refractivity contribution in [1.82, 2.24) is 14.8 Å². The van der Waals surface area contributed by atoms with Crippen molar-refractivity contribution in [1.29, 1.82) is 0 Å². The second-order valence-electron chi connectivity index (χ2n) is 4.72. The molecule has 1 saturated heterocycles. The van der Waals surface area contributed by atoms with Crippen LogP contribution in [-0.4, -0.2) is 39.6 Å². The van der Waals surface area contributed by atoms with Crippen molar-refractivity contribution in [2.24, 2.45) is 7.05 Å². The summed E-state index contributed by atoms with van der Waals surface area (Å²) in [6.07, 6.45) is 2.29. The molecular formula is C14H16N4O2S. The number of thioether (sulfide) groups is 1. The summed E-state index contributed by atoms with van der Waals surface area (Å²) in [5.41, 5.74) is 0.825. The number of rotatable bonds is 4. The Morgan fingerprint density at radius 3 is 2.90 bits per heavy atom. The maximum absolute atomic E-state index is 12.6. The average molecular weight is 304 g/mol. The number of hydrogen-bond acceptors (Lipinski definition) is 5. The van der Waals surface area contributed by atoms with E-state index in [2.05, 4.69) is 10.1 Å². The lowest BCUT2D eigenvalue weighted by atomic mass is 10.2. The van der Waals surface area contributed by atoms with Crippen LogP contribution in [0.15, 0.2) is 35.7 Å². The molecule has 1 atom stereocenters. The van der Waals surface area contributed by atoms with E-state index in [1.165, 1.54) is 18.1 Å². The number of nitrogens with zero attached hydrogens (tertiary/aromatic N) is 4. The number of methoxy groups -OCH3 is 1. The smallest absolute Gasteiger partial charge is 0.240 e. The third kappa shape index (κ3) is 2.61. The normalized spacial score (nSPS) is 18.3. The molecule has 2 aromatic rings. The lowest BCUT2D eigenvalue weighted by Gasteiger charge is -2.19. The predicted octanol–water partition coefficient (Wildman–Crippen LogP) is 1.72. The molecule has 7 heteroatoms. The van der Waals surface area contributed by atoms with Crippen molar-refractivity contribution in [3.05, 3.63) is 30.6 Å². The Morgan fingerprint density at radius 1 is 1.38 bits per heavy atom. The van der Waals surface area contributed by atoms with E-state index in [-0.39, 0.29) is 11.2 Å². The van der Waals surface area contributed by atoms with E-state index in [0.29, 0.717) is 6.54 Å². The van der Waals surface area contributed by atoms with Gasteiger partial charge in [0.25, 0.3) is 0 Å². The lowest BCUT2D eigenvalue weighted by Crippen LogP contribution is -2.28. The summed E-state index contributed by atoms with van der Waals surface area (Å²) in [4.78, 5) is 18.6. The summed E-state index contributed by atoms with van der Waals surface area (Å²) in [6.45, 7) is 0.689. The Balaban J connectivity index is 1.79. The van der Waals surface area contributed by atoms with Crippen molar-refractivity contribution in [3.63, 3.8) is 0 Å². The highest BCUT2D eigenvalue weighted by atomic mass is 32.2. The SMILES string of the molecule is COc1ccccc1N1CCC(Sc2ncnn2C)C1=O. The fraction of sp³-hybridized carbons (Fsp3) is 0.357. The van der Waals surface area contributed by atoms with Crippen LogP contribution < -0.4 is 9.64 Å². The van der Waals surface area contributed by atoms with Gasteiger partial charge in [0.1, 0.15) is 12.1 Å². The van der Waals surface area contributed by atoms with Gasteiger partial charge in [0.2, 0.25) is 5.91 Å². The number of carbonyl (C=O) groups excluding carboxylic acids is 1.